The van der Waals surface area contributed by atoms with E-state index in [1.807, 2.05) is 0 Å². The van der Waals surface area contributed by atoms with Gasteiger partial charge in [0.2, 0.25) is 0 Å². The highest BCUT2D eigenvalue weighted by Gasteiger charge is 2.27. The molecule has 1 atom stereocenters. The van der Waals surface area contributed by atoms with Gasteiger partial charge in [0.1, 0.15) is 0 Å². The molecule has 1 fully saturated rings. The van der Waals surface area contributed by atoms with E-state index in [0.717, 1.165) is 25.4 Å². The highest BCUT2D eigenvalue weighted by atomic mass is 32.1. The van der Waals surface area contributed by atoms with E-state index in [1.54, 1.807) is 11.3 Å². The van der Waals surface area contributed by atoms with Crippen LogP contribution in [0, 0.1) is 5.92 Å². The van der Waals surface area contributed by atoms with Crippen LogP contribution >= 0.6 is 11.3 Å². The monoisotopic (exact) mass is 239 g/mol. The molecule has 0 unspecified atom stereocenters. The van der Waals surface area contributed by atoms with Crippen LogP contribution in [0.15, 0.2) is 16.8 Å². The van der Waals surface area contributed by atoms with Crippen molar-refractivity contribution in [2.45, 2.75) is 38.8 Å². The zero-order valence-electron chi connectivity index (χ0n) is 9.93. The quantitative estimate of drug-likeness (QED) is 0.791. The van der Waals surface area contributed by atoms with Gasteiger partial charge < -0.3 is 5.11 Å². The van der Waals surface area contributed by atoms with E-state index in [4.69, 9.17) is 0 Å². The molecule has 1 aromatic heterocycles. The minimum atomic E-state index is 0.285. The van der Waals surface area contributed by atoms with Crippen molar-refractivity contribution in [2.24, 2.45) is 5.92 Å². The Hall–Kier alpha value is -0.380. The molecule has 0 aliphatic heterocycles. The fourth-order valence-corrected chi connectivity index (χ4v) is 2.75. The van der Waals surface area contributed by atoms with Crippen LogP contribution in [-0.2, 0) is 6.54 Å². The second kappa shape index (κ2) is 5.80. The highest BCUT2D eigenvalue weighted by Crippen LogP contribution is 2.31. The topological polar surface area (TPSA) is 23.5 Å². The second-order valence-electron chi connectivity index (χ2n) is 4.75. The molecule has 0 amide bonds. The summed E-state index contributed by atoms with van der Waals surface area (Å²) in [6, 6.07) is 2.52. The van der Waals surface area contributed by atoms with Crippen molar-refractivity contribution >= 4 is 11.3 Å². The van der Waals surface area contributed by atoms with Gasteiger partial charge in [-0.3, -0.25) is 4.90 Å². The molecule has 1 aromatic rings. The summed E-state index contributed by atoms with van der Waals surface area (Å²) in [7, 11) is 0. The van der Waals surface area contributed by atoms with Gasteiger partial charge >= 0.3 is 0 Å². The van der Waals surface area contributed by atoms with Gasteiger partial charge in [0.15, 0.2) is 0 Å². The standard InChI is InChI=1S/C13H21NOS/c1-2-13(9-15)14(7-11-3-4-11)8-12-5-6-16-10-12/h5-6,10-11,13,15H,2-4,7-9H2,1H3/t13-/m0/s1. The summed E-state index contributed by atoms with van der Waals surface area (Å²) in [6.45, 7) is 4.61. The predicted octanol–water partition coefficient (Wildman–Crippen LogP) is 2.73. The Labute approximate surface area is 102 Å². The zero-order chi connectivity index (χ0) is 11.4. The largest absolute Gasteiger partial charge is 0.395 e. The van der Waals surface area contributed by atoms with Crippen molar-refractivity contribution in [2.75, 3.05) is 13.2 Å². The van der Waals surface area contributed by atoms with E-state index < -0.39 is 0 Å². The Morgan fingerprint density at radius 2 is 2.38 bits per heavy atom. The fraction of sp³-hybridized carbons (Fsp3) is 0.692. The Bertz CT molecular complexity index is 291. The molecular weight excluding hydrogens is 218 g/mol. The Morgan fingerprint density at radius 3 is 2.88 bits per heavy atom. The predicted molar refractivity (Wildman–Crippen MR) is 68.6 cm³/mol. The van der Waals surface area contributed by atoms with Gasteiger partial charge in [0.25, 0.3) is 0 Å². The van der Waals surface area contributed by atoms with Crippen molar-refractivity contribution in [3.8, 4) is 0 Å². The normalized spacial score (nSPS) is 17.9. The summed E-state index contributed by atoms with van der Waals surface area (Å²) in [4.78, 5) is 2.46. The zero-order valence-corrected chi connectivity index (χ0v) is 10.7. The molecule has 2 nitrogen and oxygen atoms in total. The minimum absolute atomic E-state index is 0.285. The van der Waals surface area contributed by atoms with Gasteiger partial charge in [0.05, 0.1) is 6.61 Å². The fourth-order valence-electron chi connectivity index (χ4n) is 2.09. The lowest BCUT2D eigenvalue weighted by atomic mass is 10.1. The first-order valence-electron chi connectivity index (χ1n) is 6.19. The summed E-state index contributed by atoms with van der Waals surface area (Å²) >= 11 is 1.75. The molecule has 0 bridgehead atoms. The van der Waals surface area contributed by atoms with Crippen molar-refractivity contribution < 1.29 is 5.11 Å². The lowest BCUT2D eigenvalue weighted by Gasteiger charge is -2.29. The molecule has 1 heterocycles. The van der Waals surface area contributed by atoms with Crippen LogP contribution in [0.2, 0.25) is 0 Å². The summed E-state index contributed by atoms with van der Waals surface area (Å²) < 4.78 is 0. The van der Waals surface area contributed by atoms with Crippen molar-refractivity contribution in [1.82, 2.24) is 4.90 Å². The minimum Gasteiger partial charge on any atom is -0.395 e. The van der Waals surface area contributed by atoms with Crippen LogP contribution < -0.4 is 0 Å². The summed E-state index contributed by atoms with van der Waals surface area (Å²) in [5, 5.41) is 13.8. The molecular formula is C13H21NOS. The molecule has 0 saturated heterocycles. The number of aliphatic hydroxyl groups is 1. The molecule has 2 rings (SSSR count). The SMILES string of the molecule is CC[C@@H](CO)N(Cc1ccsc1)CC1CC1. The van der Waals surface area contributed by atoms with Crippen molar-refractivity contribution in [1.29, 1.82) is 0 Å². The molecule has 1 N–H and O–H groups in total. The van der Waals surface area contributed by atoms with Crippen molar-refractivity contribution in [3.05, 3.63) is 22.4 Å². The molecule has 1 saturated carbocycles. The first kappa shape index (κ1) is 12.1. The van der Waals surface area contributed by atoms with E-state index in [-0.39, 0.29) is 6.61 Å². The van der Waals surface area contributed by atoms with Gasteiger partial charge in [-0.15, -0.1) is 0 Å². The van der Waals surface area contributed by atoms with Crippen molar-refractivity contribution in [3.63, 3.8) is 0 Å². The summed E-state index contributed by atoms with van der Waals surface area (Å²) in [6.07, 6.45) is 3.79. The third kappa shape index (κ3) is 3.30. The van der Waals surface area contributed by atoms with E-state index in [2.05, 4.69) is 28.7 Å². The summed E-state index contributed by atoms with van der Waals surface area (Å²) in [5.41, 5.74) is 1.39. The van der Waals surface area contributed by atoms with E-state index >= 15 is 0 Å². The Morgan fingerprint density at radius 1 is 1.56 bits per heavy atom. The van der Waals surface area contributed by atoms with Crippen LogP contribution in [0.5, 0.6) is 0 Å². The molecule has 0 aromatic carbocycles. The maximum absolute atomic E-state index is 9.42. The Balaban J connectivity index is 1.95. The number of rotatable bonds is 7. The van der Waals surface area contributed by atoms with E-state index in [0.29, 0.717) is 6.04 Å². The van der Waals surface area contributed by atoms with Crippen LogP contribution in [0.4, 0.5) is 0 Å². The second-order valence-corrected chi connectivity index (χ2v) is 5.53. The molecule has 0 spiro atoms. The van der Waals surface area contributed by atoms with Gasteiger partial charge in [0, 0.05) is 19.1 Å². The maximum atomic E-state index is 9.42. The van der Waals surface area contributed by atoms with Crippen LogP contribution in [0.3, 0.4) is 0 Å². The average Bonchev–Trinajstić information content (AvgIpc) is 2.95. The highest BCUT2D eigenvalue weighted by molar-refractivity contribution is 7.07. The van der Waals surface area contributed by atoms with E-state index in [9.17, 15) is 5.11 Å². The first-order valence-corrected chi connectivity index (χ1v) is 7.13. The molecule has 1 aliphatic carbocycles. The number of aliphatic hydroxyl groups excluding tert-OH is 1. The van der Waals surface area contributed by atoms with Crippen LogP contribution in [-0.4, -0.2) is 29.2 Å². The molecule has 0 radical (unpaired) electrons. The van der Waals surface area contributed by atoms with Gasteiger partial charge in [-0.1, -0.05) is 6.92 Å². The molecule has 16 heavy (non-hydrogen) atoms. The smallest absolute Gasteiger partial charge is 0.0586 e. The number of thiophene rings is 1. The molecule has 1 aliphatic rings. The number of hydrogen-bond donors (Lipinski definition) is 1. The lowest BCUT2D eigenvalue weighted by Crippen LogP contribution is -2.38. The average molecular weight is 239 g/mol. The van der Waals surface area contributed by atoms with Crippen LogP contribution in [0.1, 0.15) is 31.7 Å². The lowest BCUT2D eigenvalue weighted by molar-refractivity contribution is 0.109. The van der Waals surface area contributed by atoms with Crippen LogP contribution in [0.25, 0.3) is 0 Å². The number of hydrogen-bond acceptors (Lipinski definition) is 3. The molecule has 3 heteroatoms. The third-order valence-electron chi connectivity index (χ3n) is 3.35. The third-order valence-corrected chi connectivity index (χ3v) is 4.09. The number of nitrogens with zero attached hydrogens (tertiary/aromatic N) is 1. The summed E-state index contributed by atoms with van der Waals surface area (Å²) in [5.74, 6) is 0.888. The first-order chi connectivity index (χ1) is 7.83. The maximum Gasteiger partial charge on any atom is 0.0586 e. The van der Waals surface area contributed by atoms with Gasteiger partial charge in [-0.25, -0.2) is 0 Å². The van der Waals surface area contributed by atoms with E-state index in [1.165, 1.54) is 18.4 Å². The molecule has 90 valence electrons. The van der Waals surface area contributed by atoms with Gasteiger partial charge in [-0.2, -0.15) is 11.3 Å². The van der Waals surface area contributed by atoms with Gasteiger partial charge in [-0.05, 0) is 47.6 Å². The Kier molecular flexibility index (Phi) is 4.38.